The molecule has 0 unspecified atom stereocenters. The topological polar surface area (TPSA) is 41.6 Å². The molecule has 1 heterocycles. The Morgan fingerprint density at radius 2 is 1.96 bits per heavy atom. The van der Waals surface area contributed by atoms with E-state index in [1.165, 1.54) is 16.8 Å². The van der Waals surface area contributed by atoms with Crippen molar-refractivity contribution in [1.82, 2.24) is 0 Å². The van der Waals surface area contributed by atoms with Crippen LogP contribution in [0, 0.1) is 6.92 Å². The molecule has 0 aliphatic carbocycles. The zero-order chi connectivity index (χ0) is 17.6. The van der Waals surface area contributed by atoms with Crippen LogP contribution < -0.4 is 10.2 Å². The molecule has 1 atom stereocenters. The van der Waals surface area contributed by atoms with Crippen molar-refractivity contribution in [3.8, 4) is 0 Å². The third kappa shape index (κ3) is 4.60. The number of nitrogens with zero attached hydrogens (tertiary/aromatic N) is 1. The average Bonchev–Trinajstić information content (AvgIpc) is 3.11. The lowest BCUT2D eigenvalue weighted by Crippen LogP contribution is -2.22. The van der Waals surface area contributed by atoms with E-state index >= 15 is 0 Å². The number of rotatable bonds is 6. The minimum absolute atomic E-state index is 0.0524. The number of hydrogen-bond donors (Lipinski definition) is 1. The Hall–Kier alpha value is -2.33. The number of aryl methyl sites for hydroxylation is 2. The van der Waals surface area contributed by atoms with Crippen LogP contribution in [0.3, 0.4) is 0 Å². The van der Waals surface area contributed by atoms with E-state index < -0.39 is 0 Å². The molecule has 1 N–H and O–H groups in total. The molecule has 1 fully saturated rings. The van der Waals surface area contributed by atoms with Crippen LogP contribution in [0.15, 0.2) is 48.5 Å². The first-order valence-corrected chi connectivity index (χ1v) is 8.88. The van der Waals surface area contributed by atoms with Crippen LogP contribution in [-0.4, -0.2) is 32.2 Å². The molecule has 1 aliphatic heterocycles. The largest absolute Gasteiger partial charge is 0.380 e. The van der Waals surface area contributed by atoms with Gasteiger partial charge in [-0.1, -0.05) is 24.3 Å². The van der Waals surface area contributed by atoms with Crippen LogP contribution in [0.4, 0.5) is 11.4 Å². The van der Waals surface area contributed by atoms with Crippen LogP contribution in [0.25, 0.3) is 0 Å². The van der Waals surface area contributed by atoms with Gasteiger partial charge in [0, 0.05) is 38.0 Å². The van der Waals surface area contributed by atoms with Crippen LogP contribution in [0.2, 0.25) is 0 Å². The second-order valence-electron chi connectivity index (χ2n) is 6.61. The predicted octanol–water partition coefficient (Wildman–Crippen LogP) is 3.79. The highest BCUT2D eigenvalue weighted by molar-refractivity contribution is 5.91. The van der Waals surface area contributed by atoms with Gasteiger partial charge < -0.3 is 15.0 Å². The highest BCUT2D eigenvalue weighted by atomic mass is 16.5. The number of carbonyl (C=O) groups is 1. The van der Waals surface area contributed by atoms with Crippen molar-refractivity contribution in [2.75, 3.05) is 30.4 Å². The summed E-state index contributed by atoms with van der Waals surface area (Å²) < 4.78 is 5.41. The maximum Gasteiger partial charge on any atom is 0.224 e. The summed E-state index contributed by atoms with van der Waals surface area (Å²) in [5.41, 5.74) is 4.49. The summed E-state index contributed by atoms with van der Waals surface area (Å²) in [7, 11) is 1.77. The Balaban J connectivity index is 1.51. The van der Waals surface area contributed by atoms with E-state index in [2.05, 4.69) is 41.4 Å². The lowest BCUT2D eigenvalue weighted by atomic mass is 10.0. The van der Waals surface area contributed by atoms with Gasteiger partial charge in [0.05, 0.1) is 6.10 Å². The Morgan fingerprint density at radius 3 is 2.64 bits per heavy atom. The van der Waals surface area contributed by atoms with Crippen molar-refractivity contribution in [3.05, 3.63) is 59.7 Å². The zero-order valence-corrected chi connectivity index (χ0v) is 15.0. The quantitative estimate of drug-likeness (QED) is 0.871. The van der Waals surface area contributed by atoms with Gasteiger partial charge >= 0.3 is 0 Å². The summed E-state index contributed by atoms with van der Waals surface area (Å²) in [5.74, 6) is 0.0524. The first-order valence-electron chi connectivity index (χ1n) is 8.88. The lowest BCUT2D eigenvalue weighted by Gasteiger charge is -2.18. The second kappa shape index (κ2) is 8.17. The molecule has 3 rings (SSSR count). The summed E-state index contributed by atoms with van der Waals surface area (Å²) in [4.78, 5) is 14.5. The molecule has 0 saturated carbocycles. The number of carbonyl (C=O) groups excluding carboxylic acids is 1. The van der Waals surface area contributed by atoms with Gasteiger partial charge in [-0.15, -0.1) is 0 Å². The third-order valence-corrected chi connectivity index (χ3v) is 4.88. The summed E-state index contributed by atoms with van der Waals surface area (Å²) >= 11 is 0. The number of hydrogen-bond acceptors (Lipinski definition) is 3. The molecule has 2 aromatic rings. The third-order valence-electron chi connectivity index (χ3n) is 4.88. The van der Waals surface area contributed by atoms with Gasteiger partial charge in [-0.3, -0.25) is 4.79 Å². The molecule has 0 bridgehead atoms. The fourth-order valence-corrected chi connectivity index (χ4v) is 3.27. The normalized spacial score (nSPS) is 16.9. The summed E-state index contributed by atoms with van der Waals surface area (Å²) in [6, 6.07) is 16.3. The molecule has 0 spiro atoms. The van der Waals surface area contributed by atoms with Crippen molar-refractivity contribution in [2.45, 2.75) is 32.3 Å². The van der Waals surface area contributed by atoms with E-state index in [0.717, 1.165) is 31.6 Å². The van der Waals surface area contributed by atoms with Gasteiger partial charge in [0.1, 0.15) is 0 Å². The van der Waals surface area contributed by atoms with E-state index in [1.54, 1.807) is 7.11 Å². The molecular weight excluding hydrogens is 312 g/mol. The van der Waals surface area contributed by atoms with Crippen molar-refractivity contribution in [3.63, 3.8) is 0 Å². The number of methoxy groups -OCH3 is 1. The Morgan fingerprint density at radius 1 is 1.20 bits per heavy atom. The average molecular weight is 338 g/mol. The summed E-state index contributed by atoms with van der Waals surface area (Å²) in [6.07, 6.45) is 2.64. The van der Waals surface area contributed by atoms with Crippen LogP contribution in [0.1, 0.15) is 24.0 Å². The number of ether oxygens (including phenoxy) is 1. The second-order valence-corrected chi connectivity index (χ2v) is 6.61. The van der Waals surface area contributed by atoms with Gasteiger partial charge in [0.15, 0.2) is 0 Å². The van der Waals surface area contributed by atoms with E-state index in [-0.39, 0.29) is 5.91 Å². The van der Waals surface area contributed by atoms with Crippen molar-refractivity contribution in [2.24, 2.45) is 0 Å². The maximum absolute atomic E-state index is 12.2. The highest BCUT2D eigenvalue weighted by Gasteiger charge is 2.22. The van der Waals surface area contributed by atoms with Gasteiger partial charge in [0.25, 0.3) is 0 Å². The lowest BCUT2D eigenvalue weighted by molar-refractivity contribution is -0.116. The standard InChI is InChI=1S/C21H26N2O2/c1-16-5-3-4-6-17(16)7-12-21(24)22-18-8-10-19(11-9-18)23-14-13-20(15-23)25-2/h3-6,8-11,20H,7,12-15H2,1-2H3,(H,22,24)/t20-/m1/s1. The smallest absolute Gasteiger partial charge is 0.224 e. The molecule has 0 radical (unpaired) electrons. The fraction of sp³-hybridized carbons (Fsp3) is 0.381. The molecule has 132 valence electrons. The van der Waals surface area contributed by atoms with Crippen LogP contribution >= 0.6 is 0 Å². The molecule has 25 heavy (non-hydrogen) atoms. The molecule has 1 saturated heterocycles. The molecule has 4 heteroatoms. The van der Waals surface area contributed by atoms with Crippen molar-refractivity contribution >= 4 is 17.3 Å². The number of nitrogens with one attached hydrogen (secondary N) is 1. The predicted molar refractivity (Wildman–Crippen MR) is 102 cm³/mol. The van der Waals surface area contributed by atoms with E-state index in [4.69, 9.17) is 4.74 Å². The molecule has 2 aromatic carbocycles. The summed E-state index contributed by atoms with van der Waals surface area (Å²) in [5, 5.41) is 2.99. The minimum Gasteiger partial charge on any atom is -0.380 e. The minimum atomic E-state index is 0.0524. The van der Waals surface area contributed by atoms with Gasteiger partial charge in [-0.05, 0) is 55.2 Å². The van der Waals surface area contributed by atoms with Crippen molar-refractivity contribution < 1.29 is 9.53 Å². The molecule has 4 nitrogen and oxygen atoms in total. The SMILES string of the molecule is CO[C@@H]1CCN(c2ccc(NC(=O)CCc3ccccc3C)cc2)C1. The number of amides is 1. The monoisotopic (exact) mass is 338 g/mol. The number of anilines is 2. The molecular formula is C21H26N2O2. The maximum atomic E-state index is 12.2. The highest BCUT2D eigenvalue weighted by Crippen LogP contribution is 2.23. The Labute approximate surface area is 149 Å². The fourth-order valence-electron chi connectivity index (χ4n) is 3.27. The number of benzene rings is 2. The zero-order valence-electron chi connectivity index (χ0n) is 15.0. The van der Waals surface area contributed by atoms with Crippen LogP contribution in [-0.2, 0) is 16.0 Å². The molecule has 1 aliphatic rings. The first kappa shape index (κ1) is 17.5. The Bertz CT molecular complexity index is 712. The van der Waals surface area contributed by atoms with E-state index in [9.17, 15) is 4.79 Å². The molecule has 1 amide bonds. The van der Waals surface area contributed by atoms with E-state index in [1.807, 2.05) is 24.3 Å². The molecule has 0 aromatic heterocycles. The first-order chi connectivity index (χ1) is 12.2. The van der Waals surface area contributed by atoms with Crippen LogP contribution in [0.5, 0.6) is 0 Å². The van der Waals surface area contributed by atoms with Gasteiger partial charge in [0.2, 0.25) is 5.91 Å². The van der Waals surface area contributed by atoms with Crippen molar-refractivity contribution in [1.29, 1.82) is 0 Å². The van der Waals surface area contributed by atoms with Gasteiger partial charge in [-0.2, -0.15) is 0 Å². The van der Waals surface area contributed by atoms with E-state index in [0.29, 0.717) is 12.5 Å². The van der Waals surface area contributed by atoms with Gasteiger partial charge in [-0.25, -0.2) is 0 Å². The summed E-state index contributed by atoms with van der Waals surface area (Å²) in [6.45, 7) is 4.03. The Kier molecular flexibility index (Phi) is 5.71.